The fourth-order valence-electron chi connectivity index (χ4n) is 3.38. The number of para-hydroxylation sites is 1. The van der Waals surface area contributed by atoms with Crippen molar-refractivity contribution in [2.75, 3.05) is 10.2 Å². The van der Waals surface area contributed by atoms with Gasteiger partial charge in [-0.25, -0.2) is 9.97 Å². The summed E-state index contributed by atoms with van der Waals surface area (Å²) >= 11 is 0. The number of rotatable bonds is 3. The molecule has 1 aliphatic heterocycles. The zero-order chi connectivity index (χ0) is 18.8. The van der Waals surface area contributed by atoms with Crippen LogP contribution in [-0.2, 0) is 6.42 Å². The maximum Gasteiger partial charge on any atom is 0.274 e. The Bertz CT molecular complexity index is 1060. The number of fused-ring (bicyclic) bond motifs is 1. The molecule has 2 aromatic carbocycles. The molecular formula is C21H17N5O. The number of carbonyl (C=O) groups is 1. The molecule has 1 amide bonds. The van der Waals surface area contributed by atoms with Crippen LogP contribution in [0.4, 0.5) is 17.2 Å². The van der Waals surface area contributed by atoms with Crippen molar-refractivity contribution < 1.29 is 4.79 Å². The van der Waals surface area contributed by atoms with Crippen molar-refractivity contribution in [2.24, 2.45) is 0 Å². The lowest BCUT2D eigenvalue weighted by molar-refractivity contribution is 0.102. The summed E-state index contributed by atoms with van der Waals surface area (Å²) in [6, 6.07) is 19.0. The number of nitrogens with zero attached hydrogens (tertiary/aromatic N) is 4. The van der Waals surface area contributed by atoms with Gasteiger partial charge < -0.3 is 10.2 Å². The van der Waals surface area contributed by atoms with Crippen LogP contribution >= 0.6 is 0 Å². The summed E-state index contributed by atoms with van der Waals surface area (Å²) < 4.78 is 0. The molecule has 2 heterocycles. The molecule has 0 aliphatic carbocycles. The lowest BCUT2D eigenvalue weighted by Crippen LogP contribution is -2.25. The van der Waals surface area contributed by atoms with Gasteiger partial charge in [-0.15, -0.1) is 0 Å². The molecule has 1 atom stereocenters. The van der Waals surface area contributed by atoms with Crippen LogP contribution < -0.4 is 10.2 Å². The van der Waals surface area contributed by atoms with Crippen LogP contribution in [0, 0.1) is 11.3 Å². The first-order valence-electron chi connectivity index (χ1n) is 8.66. The van der Waals surface area contributed by atoms with Crippen molar-refractivity contribution in [1.29, 1.82) is 5.26 Å². The van der Waals surface area contributed by atoms with Crippen molar-refractivity contribution in [3.05, 3.63) is 77.7 Å². The van der Waals surface area contributed by atoms with E-state index in [0.29, 0.717) is 17.1 Å². The lowest BCUT2D eigenvalue weighted by Gasteiger charge is -2.23. The predicted octanol–water partition coefficient (Wildman–Crippen LogP) is 3.68. The molecular weight excluding hydrogens is 338 g/mol. The van der Waals surface area contributed by atoms with Gasteiger partial charge in [0.25, 0.3) is 5.91 Å². The van der Waals surface area contributed by atoms with Crippen LogP contribution in [0.25, 0.3) is 0 Å². The summed E-state index contributed by atoms with van der Waals surface area (Å²) in [6.45, 7) is 2.13. The highest BCUT2D eigenvalue weighted by Crippen LogP contribution is 2.37. The van der Waals surface area contributed by atoms with E-state index in [1.54, 1.807) is 30.3 Å². The maximum atomic E-state index is 12.6. The van der Waals surface area contributed by atoms with E-state index in [1.165, 1.54) is 11.9 Å². The molecule has 0 saturated heterocycles. The summed E-state index contributed by atoms with van der Waals surface area (Å²) in [4.78, 5) is 23.2. The number of hydrogen-bond donors (Lipinski definition) is 1. The van der Waals surface area contributed by atoms with Crippen molar-refractivity contribution in [2.45, 2.75) is 19.4 Å². The number of anilines is 3. The normalized spacial score (nSPS) is 15.1. The predicted molar refractivity (Wildman–Crippen MR) is 103 cm³/mol. The molecule has 4 rings (SSSR count). The summed E-state index contributed by atoms with van der Waals surface area (Å²) in [7, 11) is 0. The minimum atomic E-state index is -0.339. The van der Waals surface area contributed by atoms with Crippen molar-refractivity contribution in [3.8, 4) is 6.07 Å². The van der Waals surface area contributed by atoms with Crippen LogP contribution in [0.2, 0.25) is 0 Å². The highest BCUT2D eigenvalue weighted by atomic mass is 16.1. The average Bonchev–Trinajstić information content (AvgIpc) is 3.04. The van der Waals surface area contributed by atoms with Gasteiger partial charge in [0, 0.05) is 23.5 Å². The Morgan fingerprint density at radius 3 is 2.89 bits per heavy atom. The van der Waals surface area contributed by atoms with Crippen LogP contribution in [0.3, 0.4) is 0 Å². The molecule has 0 spiro atoms. The van der Waals surface area contributed by atoms with Crippen LogP contribution in [0.1, 0.15) is 28.5 Å². The van der Waals surface area contributed by atoms with Gasteiger partial charge in [0.15, 0.2) is 0 Å². The third kappa shape index (κ3) is 3.23. The van der Waals surface area contributed by atoms with E-state index >= 15 is 0 Å². The average molecular weight is 355 g/mol. The van der Waals surface area contributed by atoms with Gasteiger partial charge in [-0.1, -0.05) is 24.3 Å². The molecule has 0 bridgehead atoms. The lowest BCUT2D eigenvalue weighted by atomic mass is 10.1. The number of nitrogens with one attached hydrogen (secondary N) is 1. The van der Waals surface area contributed by atoms with E-state index in [4.69, 9.17) is 5.26 Å². The molecule has 3 aromatic rings. The summed E-state index contributed by atoms with van der Waals surface area (Å²) in [5.74, 6) is 0.354. The Labute approximate surface area is 157 Å². The molecule has 0 fully saturated rings. The Balaban J connectivity index is 1.61. The van der Waals surface area contributed by atoms with E-state index in [1.807, 2.05) is 12.1 Å². The van der Waals surface area contributed by atoms with E-state index < -0.39 is 0 Å². The number of carbonyl (C=O) groups excluding carboxylic acids is 1. The minimum Gasteiger partial charge on any atom is -0.323 e. The first kappa shape index (κ1) is 16.7. The largest absolute Gasteiger partial charge is 0.323 e. The Kier molecular flexibility index (Phi) is 4.27. The molecule has 1 N–H and O–H groups in total. The molecule has 6 nitrogen and oxygen atoms in total. The van der Waals surface area contributed by atoms with Gasteiger partial charge in [-0.3, -0.25) is 4.79 Å². The summed E-state index contributed by atoms with van der Waals surface area (Å²) in [5.41, 5.74) is 3.69. The second kappa shape index (κ2) is 6.89. The van der Waals surface area contributed by atoms with Crippen molar-refractivity contribution in [1.82, 2.24) is 9.97 Å². The fraction of sp³-hybridized carbons (Fsp3) is 0.143. The van der Waals surface area contributed by atoms with Gasteiger partial charge in [0.2, 0.25) is 0 Å². The number of amides is 1. The molecule has 1 unspecified atom stereocenters. The fourth-order valence-corrected chi connectivity index (χ4v) is 3.38. The third-order valence-corrected chi connectivity index (χ3v) is 4.59. The monoisotopic (exact) mass is 355 g/mol. The first-order chi connectivity index (χ1) is 13.2. The van der Waals surface area contributed by atoms with Gasteiger partial charge >= 0.3 is 0 Å². The Morgan fingerprint density at radius 2 is 2.04 bits per heavy atom. The SMILES string of the molecule is CC1Cc2ccccc2N1c1cc(C(=O)Nc2cccc(C#N)c2)ncn1. The second-order valence-corrected chi connectivity index (χ2v) is 6.46. The van der Waals surface area contributed by atoms with E-state index in [9.17, 15) is 4.79 Å². The minimum absolute atomic E-state index is 0.250. The first-order valence-corrected chi connectivity index (χ1v) is 8.66. The topological polar surface area (TPSA) is 81.9 Å². The smallest absolute Gasteiger partial charge is 0.274 e. The van der Waals surface area contributed by atoms with Gasteiger partial charge in [-0.2, -0.15) is 5.26 Å². The summed E-state index contributed by atoms with van der Waals surface area (Å²) in [6.07, 6.45) is 2.34. The zero-order valence-corrected chi connectivity index (χ0v) is 14.8. The third-order valence-electron chi connectivity index (χ3n) is 4.59. The highest BCUT2D eigenvalue weighted by Gasteiger charge is 2.28. The molecule has 0 saturated carbocycles. The quantitative estimate of drug-likeness (QED) is 0.775. The number of hydrogen-bond acceptors (Lipinski definition) is 5. The van der Waals surface area contributed by atoms with Gasteiger partial charge in [-0.05, 0) is 43.2 Å². The molecule has 0 radical (unpaired) electrons. The van der Waals surface area contributed by atoms with Gasteiger partial charge in [0.1, 0.15) is 17.8 Å². The second-order valence-electron chi connectivity index (χ2n) is 6.46. The molecule has 1 aliphatic rings. The van der Waals surface area contributed by atoms with Crippen molar-refractivity contribution >= 4 is 23.1 Å². The molecule has 132 valence electrons. The maximum absolute atomic E-state index is 12.6. The van der Waals surface area contributed by atoms with Gasteiger partial charge in [0.05, 0.1) is 11.6 Å². The number of aromatic nitrogens is 2. The highest BCUT2D eigenvalue weighted by molar-refractivity contribution is 6.03. The zero-order valence-electron chi connectivity index (χ0n) is 14.8. The number of benzene rings is 2. The standard InChI is InChI=1S/C21H17N5O/c1-14-9-16-6-2-3-8-19(16)26(14)20-11-18(23-13-24-20)21(27)25-17-7-4-5-15(10-17)12-22/h2-8,10-11,13-14H,9H2,1H3,(H,25,27). The molecule has 1 aromatic heterocycles. The van der Waals surface area contributed by atoms with E-state index in [-0.39, 0.29) is 17.6 Å². The Hall–Kier alpha value is -3.72. The van der Waals surface area contributed by atoms with Crippen LogP contribution in [-0.4, -0.2) is 21.9 Å². The summed E-state index contributed by atoms with van der Waals surface area (Å²) in [5, 5.41) is 11.8. The van der Waals surface area contributed by atoms with Crippen molar-refractivity contribution in [3.63, 3.8) is 0 Å². The van der Waals surface area contributed by atoms with E-state index in [2.05, 4.69) is 45.3 Å². The van der Waals surface area contributed by atoms with Crippen LogP contribution in [0.5, 0.6) is 0 Å². The van der Waals surface area contributed by atoms with Crippen LogP contribution in [0.15, 0.2) is 60.9 Å². The molecule has 6 heteroatoms. The van der Waals surface area contributed by atoms with E-state index in [0.717, 1.165) is 12.1 Å². The number of nitriles is 1. The molecule has 27 heavy (non-hydrogen) atoms. The Morgan fingerprint density at radius 1 is 1.19 bits per heavy atom.